The van der Waals surface area contributed by atoms with Crippen molar-refractivity contribution < 1.29 is 14.3 Å². The van der Waals surface area contributed by atoms with Crippen LogP contribution in [0.5, 0.6) is 5.75 Å². The van der Waals surface area contributed by atoms with Gasteiger partial charge in [0, 0.05) is 6.04 Å². The summed E-state index contributed by atoms with van der Waals surface area (Å²) in [7, 11) is 0. The van der Waals surface area contributed by atoms with Gasteiger partial charge in [-0.25, -0.2) is 5.43 Å². The summed E-state index contributed by atoms with van der Waals surface area (Å²) in [6.45, 7) is 6.26. The molecule has 1 rings (SSSR count). The highest BCUT2D eigenvalue weighted by atomic mass is 16.5. The monoisotopic (exact) mass is 291 g/mol. The maximum atomic E-state index is 11.4. The molecular formula is C15H21N3O3. The van der Waals surface area contributed by atoms with Gasteiger partial charge in [0.05, 0.1) is 12.8 Å². The van der Waals surface area contributed by atoms with E-state index in [0.29, 0.717) is 6.61 Å². The number of hydrogen-bond donors (Lipinski definition) is 2. The van der Waals surface area contributed by atoms with Gasteiger partial charge in [-0.1, -0.05) is 6.92 Å². The van der Waals surface area contributed by atoms with Crippen LogP contribution in [0.1, 0.15) is 32.8 Å². The zero-order valence-electron chi connectivity index (χ0n) is 12.6. The fraction of sp³-hybridized carbons (Fsp3) is 0.400. The molecule has 0 atom stereocenters. The Kier molecular flexibility index (Phi) is 6.94. The van der Waals surface area contributed by atoms with E-state index >= 15 is 0 Å². The van der Waals surface area contributed by atoms with Crippen molar-refractivity contribution in [3.63, 3.8) is 0 Å². The number of carbonyl (C=O) groups is 2. The highest BCUT2D eigenvalue weighted by molar-refractivity contribution is 6.35. The maximum absolute atomic E-state index is 11.4. The van der Waals surface area contributed by atoms with Gasteiger partial charge in [-0.2, -0.15) is 5.10 Å². The number of nitrogens with one attached hydrogen (secondary N) is 2. The summed E-state index contributed by atoms with van der Waals surface area (Å²) in [6.07, 6.45) is 2.41. The molecule has 0 saturated carbocycles. The summed E-state index contributed by atoms with van der Waals surface area (Å²) < 4.78 is 5.45. The third kappa shape index (κ3) is 6.56. The zero-order valence-corrected chi connectivity index (χ0v) is 12.6. The molecule has 0 aliphatic heterocycles. The predicted octanol–water partition coefficient (Wildman–Crippen LogP) is 1.45. The molecule has 0 bridgehead atoms. The fourth-order valence-electron chi connectivity index (χ4n) is 1.41. The summed E-state index contributed by atoms with van der Waals surface area (Å²) in [6, 6.07) is 7.18. The summed E-state index contributed by atoms with van der Waals surface area (Å²) in [5, 5.41) is 6.21. The molecule has 1 aromatic rings. The second-order valence-corrected chi connectivity index (χ2v) is 4.74. The van der Waals surface area contributed by atoms with Crippen molar-refractivity contribution in [2.24, 2.45) is 5.10 Å². The molecule has 0 aliphatic rings. The van der Waals surface area contributed by atoms with Gasteiger partial charge in [-0.05, 0) is 50.1 Å². The van der Waals surface area contributed by atoms with Gasteiger partial charge < -0.3 is 10.1 Å². The zero-order chi connectivity index (χ0) is 15.7. The smallest absolute Gasteiger partial charge is 0.329 e. The van der Waals surface area contributed by atoms with Gasteiger partial charge in [0.15, 0.2) is 0 Å². The summed E-state index contributed by atoms with van der Waals surface area (Å²) in [5.74, 6) is -0.706. The van der Waals surface area contributed by atoms with E-state index in [2.05, 4.69) is 15.8 Å². The number of benzene rings is 1. The normalized spacial score (nSPS) is 10.7. The van der Waals surface area contributed by atoms with E-state index < -0.39 is 11.8 Å². The van der Waals surface area contributed by atoms with Crippen LogP contribution in [0.25, 0.3) is 0 Å². The minimum Gasteiger partial charge on any atom is -0.494 e. The number of carbonyl (C=O) groups excluding carboxylic acids is 2. The molecule has 114 valence electrons. The highest BCUT2D eigenvalue weighted by Gasteiger charge is 2.12. The van der Waals surface area contributed by atoms with Crippen LogP contribution >= 0.6 is 0 Å². The lowest BCUT2D eigenvalue weighted by atomic mass is 10.2. The quantitative estimate of drug-likeness (QED) is 0.473. The lowest BCUT2D eigenvalue weighted by molar-refractivity contribution is -0.139. The molecule has 1 aromatic carbocycles. The Bertz CT molecular complexity index is 495. The van der Waals surface area contributed by atoms with E-state index in [1.807, 2.05) is 31.2 Å². The fourth-order valence-corrected chi connectivity index (χ4v) is 1.41. The van der Waals surface area contributed by atoms with Crippen LogP contribution in [-0.4, -0.2) is 30.7 Å². The van der Waals surface area contributed by atoms with Crippen molar-refractivity contribution in [1.29, 1.82) is 0 Å². The van der Waals surface area contributed by atoms with E-state index in [1.54, 1.807) is 13.8 Å². The Morgan fingerprint density at radius 1 is 1.24 bits per heavy atom. The number of nitrogens with zero attached hydrogens (tertiary/aromatic N) is 1. The van der Waals surface area contributed by atoms with Crippen LogP contribution in [0.2, 0.25) is 0 Å². The average molecular weight is 291 g/mol. The number of ether oxygens (including phenoxy) is 1. The van der Waals surface area contributed by atoms with Gasteiger partial charge in [-0.15, -0.1) is 0 Å². The van der Waals surface area contributed by atoms with Crippen LogP contribution < -0.4 is 15.5 Å². The highest BCUT2D eigenvalue weighted by Crippen LogP contribution is 2.11. The van der Waals surface area contributed by atoms with Crippen molar-refractivity contribution >= 4 is 18.0 Å². The van der Waals surface area contributed by atoms with Crippen LogP contribution in [-0.2, 0) is 9.59 Å². The van der Waals surface area contributed by atoms with Crippen molar-refractivity contribution in [1.82, 2.24) is 10.7 Å². The largest absolute Gasteiger partial charge is 0.494 e. The Hall–Kier alpha value is -2.37. The van der Waals surface area contributed by atoms with Crippen LogP contribution in [0, 0.1) is 0 Å². The second kappa shape index (κ2) is 8.73. The average Bonchev–Trinajstić information content (AvgIpc) is 2.45. The molecule has 6 nitrogen and oxygen atoms in total. The standard InChI is InChI=1S/C15H21N3O3/c1-4-9-21-13-7-5-12(6-8-13)10-16-18-15(20)14(19)17-11(2)3/h5-8,10-11H,4,9H2,1-3H3,(H,17,19)(H,18,20)/b16-10+. The maximum Gasteiger partial charge on any atom is 0.329 e. The minimum atomic E-state index is -0.789. The Balaban J connectivity index is 2.46. The topological polar surface area (TPSA) is 79.8 Å². The molecule has 0 fully saturated rings. The molecule has 2 amide bonds. The molecule has 2 N–H and O–H groups in total. The second-order valence-electron chi connectivity index (χ2n) is 4.74. The number of amides is 2. The lowest BCUT2D eigenvalue weighted by Gasteiger charge is -2.06. The molecule has 0 unspecified atom stereocenters. The molecule has 0 aliphatic carbocycles. The number of hydrogen-bond acceptors (Lipinski definition) is 4. The summed E-state index contributed by atoms with van der Waals surface area (Å²) in [4.78, 5) is 22.7. The van der Waals surface area contributed by atoms with E-state index in [0.717, 1.165) is 17.7 Å². The third-order valence-corrected chi connectivity index (χ3v) is 2.36. The SMILES string of the molecule is CCCOc1ccc(/C=N/NC(=O)C(=O)NC(C)C)cc1. The lowest BCUT2D eigenvalue weighted by Crippen LogP contribution is -2.41. The van der Waals surface area contributed by atoms with Gasteiger partial charge >= 0.3 is 11.8 Å². The van der Waals surface area contributed by atoms with Crippen molar-refractivity contribution in [2.45, 2.75) is 33.2 Å². The van der Waals surface area contributed by atoms with Crippen LogP contribution in [0.15, 0.2) is 29.4 Å². The molecule has 0 saturated heterocycles. The first-order valence-electron chi connectivity index (χ1n) is 6.89. The first-order chi connectivity index (χ1) is 10.0. The van der Waals surface area contributed by atoms with Crippen molar-refractivity contribution in [3.8, 4) is 5.75 Å². The predicted molar refractivity (Wildman–Crippen MR) is 81.2 cm³/mol. The first kappa shape index (κ1) is 16.7. The minimum absolute atomic E-state index is 0.0945. The van der Waals surface area contributed by atoms with Gasteiger partial charge in [0.2, 0.25) is 0 Å². The molecule has 6 heteroatoms. The molecule has 0 radical (unpaired) electrons. The Morgan fingerprint density at radius 2 is 1.90 bits per heavy atom. The van der Waals surface area contributed by atoms with Gasteiger partial charge in [-0.3, -0.25) is 9.59 Å². The Labute approximate surface area is 124 Å². The van der Waals surface area contributed by atoms with Gasteiger partial charge in [0.1, 0.15) is 5.75 Å². The third-order valence-electron chi connectivity index (χ3n) is 2.36. The van der Waals surface area contributed by atoms with E-state index in [-0.39, 0.29) is 6.04 Å². The van der Waals surface area contributed by atoms with Crippen LogP contribution in [0.4, 0.5) is 0 Å². The van der Waals surface area contributed by atoms with Gasteiger partial charge in [0.25, 0.3) is 0 Å². The van der Waals surface area contributed by atoms with E-state index in [9.17, 15) is 9.59 Å². The Morgan fingerprint density at radius 3 is 2.48 bits per heavy atom. The molecule has 0 spiro atoms. The van der Waals surface area contributed by atoms with Crippen molar-refractivity contribution in [2.75, 3.05) is 6.61 Å². The number of hydrazone groups is 1. The van der Waals surface area contributed by atoms with Crippen LogP contribution in [0.3, 0.4) is 0 Å². The first-order valence-corrected chi connectivity index (χ1v) is 6.89. The molecular weight excluding hydrogens is 270 g/mol. The molecule has 0 aromatic heterocycles. The van der Waals surface area contributed by atoms with Crippen molar-refractivity contribution in [3.05, 3.63) is 29.8 Å². The summed E-state index contributed by atoms with van der Waals surface area (Å²) >= 11 is 0. The van der Waals surface area contributed by atoms with E-state index in [4.69, 9.17) is 4.74 Å². The van der Waals surface area contributed by atoms with E-state index in [1.165, 1.54) is 6.21 Å². The summed E-state index contributed by atoms with van der Waals surface area (Å²) in [5.41, 5.74) is 2.97. The molecule has 21 heavy (non-hydrogen) atoms. The number of rotatable bonds is 6. The molecule has 0 heterocycles.